The summed E-state index contributed by atoms with van der Waals surface area (Å²) in [5.74, 6) is -1.21. The number of amides is 2. The molecule has 2 N–H and O–H groups in total. The minimum Gasteiger partial charge on any atom is -0.481 e. The van der Waals surface area contributed by atoms with E-state index >= 15 is 0 Å². The maximum atomic E-state index is 11.6. The molecule has 5 nitrogen and oxygen atoms in total. The van der Waals surface area contributed by atoms with Crippen molar-refractivity contribution in [3.63, 3.8) is 0 Å². The van der Waals surface area contributed by atoms with Crippen LogP contribution in [0.5, 0.6) is 0 Å². The zero-order valence-electron chi connectivity index (χ0n) is 9.19. The van der Waals surface area contributed by atoms with Crippen LogP contribution >= 0.6 is 0 Å². The van der Waals surface area contributed by atoms with Crippen LogP contribution in [0.25, 0.3) is 0 Å². The number of urea groups is 1. The minimum atomic E-state index is -0.808. The van der Waals surface area contributed by atoms with Crippen molar-refractivity contribution in [3.8, 4) is 0 Å². The molecule has 1 aliphatic heterocycles. The Labute approximate surface area is 89.4 Å². The number of carboxylic acids is 1. The molecule has 0 aromatic rings. The van der Waals surface area contributed by atoms with E-state index in [2.05, 4.69) is 5.32 Å². The molecule has 0 saturated carbocycles. The van der Waals surface area contributed by atoms with E-state index in [1.54, 1.807) is 4.90 Å². The molecular formula is C10H18N2O3. The van der Waals surface area contributed by atoms with Crippen LogP contribution in [0.4, 0.5) is 4.79 Å². The number of nitrogens with zero attached hydrogens (tertiary/aromatic N) is 1. The molecule has 1 rings (SSSR count). The van der Waals surface area contributed by atoms with Crippen molar-refractivity contribution in [2.75, 3.05) is 13.1 Å². The van der Waals surface area contributed by atoms with Gasteiger partial charge in [-0.1, -0.05) is 0 Å². The molecule has 1 atom stereocenters. The number of piperidine rings is 1. The first-order valence-corrected chi connectivity index (χ1v) is 5.29. The van der Waals surface area contributed by atoms with Crippen LogP contribution in [0, 0.1) is 5.92 Å². The van der Waals surface area contributed by atoms with Crippen LogP contribution in [-0.2, 0) is 4.79 Å². The van der Waals surface area contributed by atoms with E-state index in [0.29, 0.717) is 19.5 Å². The zero-order valence-corrected chi connectivity index (χ0v) is 9.19. The lowest BCUT2D eigenvalue weighted by Gasteiger charge is -2.31. The summed E-state index contributed by atoms with van der Waals surface area (Å²) in [6.07, 6.45) is 1.43. The highest BCUT2D eigenvalue weighted by Crippen LogP contribution is 2.16. The third-order valence-electron chi connectivity index (χ3n) is 2.47. The molecule has 1 fully saturated rings. The van der Waals surface area contributed by atoms with Crippen molar-refractivity contribution < 1.29 is 14.7 Å². The molecule has 0 aromatic carbocycles. The summed E-state index contributed by atoms with van der Waals surface area (Å²) in [7, 11) is 0. The molecule has 15 heavy (non-hydrogen) atoms. The van der Waals surface area contributed by atoms with E-state index < -0.39 is 11.9 Å². The van der Waals surface area contributed by atoms with Gasteiger partial charge >= 0.3 is 12.0 Å². The first kappa shape index (κ1) is 11.8. The third-order valence-corrected chi connectivity index (χ3v) is 2.47. The van der Waals surface area contributed by atoms with Crippen LogP contribution in [0.1, 0.15) is 26.7 Å². The van der Waals surface area contributed by atoms with Gasteiger partial charge < -0.3 is 15.3 Å². The van der Waals surface area contributed by atoms with E-state index in [1.807, 2.05) is 13.8 Å². The van der Waals surface area contributed by atoms with Crippen LogP contribution in [0.3, 0.4) is 0 Å². The summed E-state index contributed by atoms with van der Waals surface area (Å²) in [6, 6.07) is -0.0707. The van der Waals surface area contributed by atoms with E-state index in [4.69, 9.17) is 5.11 Å². The summed E-state index contributed by atoms with van der Waals surface area (Å²) in [5, 5.41) is 11.6. The second kappa shape index (κ2) is 5.00. The number of carbonyl (C=O) groups excluding carboxylic acids is 1. The van der Waals surface area contributed by atoms with Crippen molar-refractivity contribution >= 4 is 12.0 Å². The highest BCUT2D eigenvalue weighted by molar-refractivity contribution is 5.76. The quantitative estimate of drug-likeness (QED) is 0.717. The molecule has 0 spiro atoms. The minimum absolute atomic E-state index is 0.0858. The first-order chi connectivity index (χ1) is 7.00. The Morgan fingerprint density at radius 2 is 2.13 bits per heavy atom. The molecule has 2 amide bonds. The smallest absolute Gasteiger partial charge is 0.317 e. The van der Waals surface area contributed by atoms with Gasteiger partial charge in [0.25, 0.3) is 0 Å². The fourth-order valence-electron chi connectivity index (χ4n) is 1.70. The monoisotopic (exact) mass is 214 g/mol. The fourth-order valence-corrected chi connectivity index (χ4v) is 1.70. The average molecular weight is 214 g/mol. The number of hydrogen-bond acceptors (Lipinski definition) is 2. The SMILES string of the molecule is CC(C)NC(=O)N1CCC[C@H](C(=O)O)C1. The molecule has 0 radical (unpaired) electrons. The lowest BCUT2D eigenvalue weighted by atomic mass is 9.99. The fraction of sp³-hybridized carbons (Fsp3) is 0.800. The van der Waals surface area contributed by atoms with Gasteiger partial charge in [0, 0.05) is 19.1 Å². The number of carboxylic acid groups (broad SMARTS) is 1. The van der Waals surface area contributed by atoms with Gasteiger partial charge in [-0.15, -0.1) is 0 Å². The van der Waals surface area contributed by atoms with Gasteiger partial charge in [-0.25, -0.2) is 4.79 Å². The zero-order chi connectivity index (χ0) is 11.4. The number of rotatable bonds is 2. The predicted molar refractivity (Wildman–Crippen MR) is 55.6 cm³/mol. The van der Waals surface area contributed by atoms with Crippen molar-refractivity contribution in [2.45, 2.75) is 32.7 Å². The first-order valence-electron chi connectivity index (χ1n) is 5.29. The number of nitrogens with one attached hydrogen (secondary N) is 1. The van der Waals surface area contributed by atoms with E-state index in [0.717, 1.165) is 6.42 Å². The van der Waals surface area contributed by atoms with Gasteiger partial charge in [0.1, 0.15) is 0 Å². The Morgan fingerprint density at radius 3 is 2.67 bits per heavy atom. The molecule has 1 heterocycles. The van der Waals surface area contributed by atoms with Crippen molar-refractivity contribution in [2.24, 2.45) is 5.92 Å². The van der Waals surface area contributed by atoms with E-state index in [9.17, 15) is 9.59 Å². The Balaban J connectivity index is 2.48. The molecule has 0 aromatic heterocycles. The van der Waals surface area contributed by atoms with Crippen LogP contribution < -0.4 is 5.32 Å². The second-order valence-electron chi connectivity index (χ2n) is 4.23. The Kier molecular flexibility index (Phi) is 3.94. The van der Waals surface area contributed by atoms with E-state index in [-0.39, 0.29) is 12.1 Å². The standard InChI is InChI=1S/C10H18N2O3/c1-7(2)11-10(15)12-5-3-4-8(6-12)9(13)14/h7-8H,3-6H2,1-2H3,(H,11,15)(H,13,14)/t8-/m0/s1. The summed E-state index contributed by atoms with van der Waals surface area (Å²) >= 11 is 0. The number of likely N-dealkylation sites (tertiary alicyclic amines) is 1. The lowest BCUT2D eigenvalue weighted by Crippen LogP contribution is -2.48. The van der Waals surface area contributed by atoms with Gasteiger partial charge in [-0.2, -0.15) is 0 Å². The number of aliphatic carboxylic acids is 1. The largest absolute Gasteiger partial charge is 0.481 e. The maximum absolute atomic E-state index is 11.6. The normalized spacial score (nSPS) is 21.5. The average Bonchev–Trinajstić information content (AvgIpc) is 2.17. The molecule has 1 aliphatic rings. The molecular weight excluding hydrogens is 196 g/mol. The van der Waals surface area contributed by atoms with Gasteiger partial charge in [-0.05, 0) is 26.7 Å². The summed E-state index contributed by atoms with van der Waals surface area (Å²) in [6.45, 7) is 4.75. The summed E-state index contributed by atoms with van der Waals surface area (Å²) in [4.78, 5) is 24.0. The topological polar surface area (TPSA) is 69.6 Å². The predicted octanol–water partition coefficient (Wildman–Crippen LogP) is 0.901. The molecule has 0 aliphatic carbocycles. The molecule has 1 saturated heterocycles. The number of carbonyl (C=O) groups is 2. The molecule has 0 unspecified atom stereocenters. The Bertz CT molecular complexity index is 253. The number of hydrogen-bond donors (Lipinski definition) is 2. The highest BCUT2D eigenvalue weighted by atomic mass is 16.4. The summed E-state index contributed by atoms with van der Waals surface area (Å²) in [5.41, 5.74) is 0. The maximum Gasteiger partial charge on any atom is 0.317 e. The van der Waals surface area contributed by atoms with Crippen LogP contribution in [0.15, 0.2) is 0 Å². The van der Waals surface area contributed by atoms with Crippen LogP contribution in [0.2, 0.25) is 0 Å². The van der Waals surface area contributed by atoms with Gasteiger partial charge in [0.15, 0.2) is 0 Å². The molecule has 86 valence electrons. The lowest BCUT2D eigenvalue weighted by molar-refractivity contribution is -0.143. The molecule has 5 heteroatoms. The highest BCUT2D eigenvalue weighted by Gasteiger charge is 2.28. The Hall–Kier alpha value is -1.26. The van der Waals surface area contributed by atoms with Crippen molar-refractivity contribution in [3.05, 3.63) is 0 Å². The van der Waals surface area contributed by atoms with Crippen molar-refractivity contribution in [1.82, 2.24) is 10.2 Å². The van der Waals surface area contributed by atoms with Crippen molar-refractivity contribution in [1.29, 1.82) is 0 Å². The Morgan fingerprint density at radius 1 is 1.47 bits per heavy atom. The summed E-state index contributed by atoms with van der Waals surface area (Å²) < 4.78 is 0. The molecule has 0 bridgehead atoms. The third kappa shape index (κ3) is 3.42. The van der Waals surface area contributed by atoms with Gasteiger partial charge in [0.05, 0.1) is 5.92 Å². The second-order valence-corrected chi connectivity index (χ2v) is 4.23. The van der Waals surface area contributed by atoms with Gasteiger partial charge in [-0.3, -0.25) is 4.79 Å². The van der Waals surface area contributed by atoms with E-state index in [1.165, 1.54) is 0 Å². The van der Waals surface area contributed by atoms with Gasteiger partial charge in [0.2, 0.25) is 0 Å². The van der Waals surface area contributed by atoms with Crippen LogP contribution in [-0.4, -0.2) is 41.1 Å².